The van der Waals surface area contributed by atoms with Crippen LogP contribution < -0.4 is 5.43 Å². The van der Waals surface area contributed by atoms with Gasteiger partial charge in [-0.15, -0.1) is 0 Å². The number of piperidine rings is 1. The quantitative estimate of drug-likeness (QED) is 0.475. The van der Waals surface area contributed by atoms with Gasteiger partial charge in [-0.1, -0.05) is 44.2 Å². The maximum atomic E-state index is 13.2. The number of carbonyl (C=O) groups is 1. The molecule has 0 spiro atoms. The lowest BCUT2D eigenvalue weighted by Crippen LogP contribution is -2.52. The minimum absolute atomic E-state index is 0.0986. The summed E-state index contributed by atoms with van der Waals surface area (Å²) in [6.45, 7) is 4.35. The van der Waals surface area contributed by atoms with Crippen molar-refractivity contribution in [2.45, 2.75) is 51.1 Å². The van der Waals surface area contributed by atoms with E-state index in [1.54, 1.807) is 13.8 Å². The predicted octanol–water partition coefficient (Wildman–Crippen LogP) is 5.96. The van der Waals surface area contributed by atoms with E-state index in [-0.39, 0.29) is 30.1 Å². The summed E-state index contributed by atoms with van der Waals surface area (Å²) in [6.07, 6.45) is -8.64. The van der Waals surface area contributed by atoms with Gasteiger partial charge >= 0.3 is 12.4 Å². The smallest absolute Gasteiger partial charge is 0.376 e. The van der Waals surface area contributed by atoms with E-state index in [4.69, 9.17) is 4.74 Å². The number of halogens is 6. The Kier molecular flexibility index (Phi) is 8.16. The van der Waals surface area contributed by atoms with Crippen molar-refractivity contribution in [3.05, 3.63) is 70.8 Å². The monoisotopic (exact) mass is 502 g/mol. The molecule has 1 aliphatic rings. The molecule has 0 aliphatic carbocycles. The zero-order chi connectivity index (χ0) is 25.9. The Morgan fingerprint density at radius 1 is 0.971 bits per heavy atom. The van der Waals surface area contributed by atoms with E-state index in [0.717, 1.165) is 5.56 Å². The van der Waals surface area contributed by atoms with Gasteiger partial charge in [0.25, 0.3) is 0 Å². The highest BCUT2D eigenvalue weighted by atomic mass is 19.4. The van der Waals surface area contributed by atoms with Crippen LogP contribution in [0.25, 0.3) is 0 Å². The van der Waals surface area contributed by atoms with Gasteiger partial charge in [0.05, 0.1) is 24.3 Å². The minimum Gasteiger partial charge on any atom is -0.376 e. The summed E-state index contributed by atoms with van der Waals surface area (Å²) in [7, 11) is 0. The van der Waals surface area contributed by atoms with Gasteiger partial charge in [-0.05, 0) is 42.2 Å². The molecule has 35 heavy (non-hydrogen) atoms. The van der Waals surface area contributed by atoms with Gasteiger partial charge in [-0.25, -0.2) is 5.01 Å². The Morgan fingerprint density at radius 2 is 1.51 bits per heavy atom. The molecule has 10 heteroatoms. The SMILES string of the molecule is CC(C)C(=O)NN1CCC(COCc2cc(C(F)(F)F)cc(C(F)(F)F)c2)(c2ccccc2)CC1. The first-order valence-corrected chi connectivity index (χ1v) is 11.3. The van der Waals surface area contributed by atoms with Crippen LogP contribution in [0.2, 0.25) is 0 Å². The van der Waals surface area contributed by atoms with E-state index in [9.17, 15) is 31.1 Å². The number of hydrogen-bond donors (Lipinski definition) is 1. The highest BCUT2D eigenvalue weighted by Gasteiger charge is 2.38. The number of hydrogen-bond acceptors (Lipinski definition) is 3. The van der Waals surface area contributed by atoms with Gasteiger partial charge in [0, 0.05) is 24.4 Å². The first-order chi connectivity index (χ1) is 16.3. The van der Waals surface area contributed by atoms with E-state index in [0.29, 0.717) is 38.1 Å². The third-order valence-corrected chi connectivity index (χ3v) is 6.19. The second-order valence-electron chi connectivity index (χ2n) is 9.17. The molecule has 3 rings (SSSR count). The molecule has 4 nitrogen and oxygen atoms in total. The summed E-state index contributed by atoms with van der Waals surface area (Å²) in [4.78, 5) is 12.0. The molecule has 0 aromatic heterocycles. The van der Waals surface area contributed by atoms with Crippen molar-refractivity contribution in [3.63, 3.8) is 0 Å². The van der Waals surface area contributed by atoms with Crippen molar-refractivity contribution < 1.29 is 35.9 Å². The number of carbonyl (C=O) groups excluding carboxylic acids is 1. The van der Waals surface area contributed by atoms with E-state index in [2.05, 4.69) is 5.43 Å². The Morgan fingerprint density at radius 3 is 2.00 bits per heavy atom. The zero-order valence-corrected chi connectivity index (χ0v) is 19.5. The van der Waals surface area contributed by atoms with Crippen molar-refractivity contribution in [1.82, 2.24) is 10.4 Å². The van der Waals surface area contributed by atoms with Gasteiger partial charge in [-0.3, -0.25) is 10.2 Å². The van der Waals surface area contributed by atoms with Crippen LogP contribution in [0.4, 0.5) is 26.3 Å². The van der Waals surface area contributed by atoms with Gasteiger partial charge in [0.15, 0.2) is 0 Å². The molecule has 1 heterocycles. The van der Waals surface area contributed by atoms with Gasteiger partial charge < -0.3 is 4.74 Å². The number of nitrogens with one attached hydrogen (secondary N) is 1. The largest absolute Gasteiger partial charge is 0.416 e. The second-order valence-corrected chi connectivity index (χ2v) is 9.17. The normalized spacial score (nSPS) is 16.9. The standard InChI is InChI=1S/C25H28F6N2O2/c1-17(2)22(34)32-33-10-8-23(9-11-33,19-6-4-3-5-7-19)16-35-15-18-12-20(24(26,27)28)14-21(13-18)25(29,30)31/h3-7,12-14,17H,8-11,15-16H2,1-2H3,(H,32,34). The summed E-state index contributed by atoms with van der Waals surface area (Å²) >= 11 is 0. The van der Waals surface area contributed by atoms with E-state index >= 15 is 0 Å². The molecule has 1 aliphatic heterocycles. The molecule has 192 valence electrons. The molecule has 0 radical (unpaired) electrons. The van der Waals surface area contributed by atoms with Crippen LogP contribution in [-0.4, -0.2) is 30.6 Å². The highest BCUT2D eigenvalue weighted by Crippen LogP contribution is 2.38. The number of rotatable bonds is 7. The molecular formula is C25H28F6N2O2. The van der Waals surface area contributed by atoms with Crippen LogP contribution in [-0.2, 0) is 33.9 Å². The second kappa shape index (κ2) is 10.6. The van der Waals surface area contributed by atoms with Crippen molar-refractivity contribution in [1.29, 1.82) is 0 Å². The molecule has 1 amide bonds. The van der Waals surface area contributed by atoms with Crippen LogP contribution in [0, 0.1) is 5.92 Å². The van der Waals surface area contributed by atoms with Crippen LogP contribution in [0.15, 0.2) is 48.5 Å². The molecule has 1 saturated heterocycles. The lowest BCUT2D eigenvalue weighted by atomic mass is 9.73. The van der Waals surface area contributed by atoms with E-state index < -0.39 is 35.5 Å². The number of ether oxygens (including phenoxy) is 1. The molecule has 0 bridgehead atoms. The summed E-state index contributed by atoms with van der Waals surface area (Å²) in [6, 6.07) is 10.9. The van der Waals surface area contributed by atoms with Crippen LogP contribution in [0.1, 0.15) is 48.9 Å². The summed E-state index contributed by atoms with van der Waals surface area (Å²) in [5, 5.41) is 1.83. The fourth-order valence-electron chi connectivity index (χ4n) is 4.11. The minimum atomic E-state index is -4.91. The van der Waals surface area contributed by atoms with Gasteiger partial charge in [-0.2, -0.15) is 26.3 Å². The van der Waals surface area contributed by atoms with Gasteiger partial charge in [0.2, 0.25) is 5.91 Å². The average Bonchev–Trinajstić information content (AvgIpc) is 2.79. The topological polar surface area (TPSA) is 41.6 Å². The molecule has 0 unspecified atom stereocenters. The number of nitrogens with zero attached hydrogens (tertiary/aromatic N) is 1. The fraction of sp³-hybridized carbons (Fsp3) is 0.480. The molecule has 1 fully saturated rings. The first-order valence-electron chi connectivity index (χ1n) is 11.3. The average molecular weight is 502 g/mol. The number of benzene rings is 2. The summed E-state index contributed by atoms with van der Waals surface area (Å²) in [5.41, 5.74) is 0.424. The van der Waals surface area contributed by atoms with E-state index in [1.165, 1.54) is 0 Å². The summed E-state index contributed by atoms with van der Waals surface area (Å²) in [5.74, 6) is -0.272. The molecule has 1 N–H and O–H groups in total. The van der Waals surface area contributed by atoms with Crippen molar-refractivity contribution in [2.75, 3.05) is 19.7 Å². The van der Waals surface area contributed by atoms with Crippen LogP contribution in [0.5, 0.6) is 0 Å². The first kappa shape index (κ1) is 27.0. The lowest BCUT2D eigenvalue weighted by Gasteiger charge is -2.42. The van der Waals surface area contributed by atoms with Crippen molar-refractivity contribution in [2.24, 2.45) is 5.92 Å². The predicted molar refractivity (Wildman–Crippen MR) is 118 cm³/mol. The third kappa shape index (κ3) is 6.98. The number of hydrazine groups is 1. The highest BCUT2D eigenvalue weighted by molar-refractivity contribution is 5.77. The van der Waals surface area contributed by atoms with Gasteiger partial charge in [0.1, 0.15) is 0 Å². The number of alkyl halides is 6. The Labute approximate surface area is 200 Å². The maximum absolute atomic E-state index is 13.2. The fourth-order valence-corrected chi connectivity index (χ4v) is 4.11. The van der Waals surface area contributed by atoms with Crippen LogP contribution >= 0.6 is 0 Å². The molecular weight excluding hydrogens is 474 g/mol. The van der Waals surface area contributed by atoms with Crippen LogP contribution in [0.3, 0.4) is 0 Å². The lowest BCUT2D eigenvalue weighted by molar-refractivity contribution is -0.143. The molecule has 2 aromatic carbocycles. The molecule has 0 saturated carbocycles. The Hall–Kier alpha value is -2.59. The summed E-state index contributed by atoms with van der Waals surface area (Å²) < 4.78 is 84.8. The van der Waals surface area contributed by atoms with Crippen molar-refractivity contribution in [3.8, 4) is 0 Å². The maximum Gasteiger partial charge on any atom is 0.416 e. The van der Waals surface area contributed by atoms with E-state index in [1.807, 2.05) is 35.3 Å². The molecule has 2 aromatic rings. The Bertz CT molecular complexity index is 965. The number of amides is 1. The Balaban J connectivity index is 1.76. The third-order valence-electron chi connectivity index (χ3n) is 6.19. The van der Waals surface area contributed by atoms with Crippen molar-refractivity contribution >= 4 is 5.91 Å². The zero-order valence-electron chi connectivity index (χ0n) is 19.5. The molecule has 0 atom stereocenters.